The number of rotatable bonds is 3. The average molecular weight is 611 g/mol. The van der Waals surface area contributed by atoms with Crippen LogP contribution in [-0.2, 0) is 0 Å². The van der Waals surface area contributed by atoms with Gasteiger partial charge in [0.2, 0.25) is 0 Å². The van der Waals surface area contributed by atoms with E-state index in [-0.39, 0.29) is 0 Å². The first-order valence-electron chi connectivity index (χ1n) is 16.1. The molecule has 0 saturated heterocycles. The maximum atomic E-state index is 5.05. The molecule has 48 heavy (non-hydrogen) atoms. The molecule has 0 atom stereocenters. The van der Waals surface area contributed by atoms with E-state index in [1.165, 1.54) is 33.0 Å². The van der Waals surface area contributed by atoms with Crippen molar-refractivity contribution in [3.63, 3.8) is 0 Å². The topological polar surface area (TPSA) is 51.6 Å². The molecule has 0 unspecified atom stereocenters. The molecule has 0 aliphatic carbocycles. The van der Waals surface area contributed by atoms with Crippen LogP contribution < -0.4 is 0 Å². The molecule has 0 radical (unpaired) electrons. The standard InChI is InChI=1S/C44H26N4/c1-2-8-38-36(32-18-22-40-34(25-32)26-33-16-15-30-6-4-24-46-42(30)44(33)48-40)20-19-35(37(38)7-1)27-9-11-28(12-10-27)39-21-17-31-14-13-29-5-3-23-45-41(29)43(31)47-39/h1-26H. The summed E-state index contributed by atoms with van der Waals surface area (Å²) in [5.74, 6) is 0. The van der Waals surface area contributed by atoms with Crippen molar-refractivity contribution in [3.8, 4) is 33.5 Å². The van der Waals surface area contributed by atoms with E-state index in [1.807, 2.05) is 24.5 Å². The van der Waals surface area contributed by atoms with Crippen LogP contribution in [0.4, 0.5) is 0 Å². The first-order chi connectivity index (χ1) is 23.8. The molecule has 4 nitrogen and oxygen atoms in total. The van der Waals surface area contributed by atoms with Crippen molar-refractivity contribution in [3.05, 3.63) is 158 Å². The van der Waals surface area contributed by atoms with Crippen molar-refractivity contribution in [2.75, 3.05) is 0 Å². The summed E-state index contributed by atoms with van der Waals surface area (Å²) in [6, 6.07) is 51.6. The second-order valence-corrected chi connectivity index (χ2v) is 12.3. The molecule has 10 rings (SSSR count). The zero-order valence-electron chi connectivity index (χ0n) is 25.8. The lowest BCUT2D eigenvalue weighted by Crippen LogP contribution is -1.90. The van der Waals surface area contributed by atoms with E-state index in [0.29, 0.717) is 0 Å². The van der Waals surface area contributed by atoms with Crippen molar-refractivity contribution in [2.24, 2.45) is 0 Å². The molecular formula is C44H26N4. The second kappa shape index (κ2) is 10.5. The lowest BCUT2D eigenvalue weighted by atomic mass is 9.91. The van der Waals surface area contributed by atoms with E-state index in [2.05, 4.69) is 143 Å². The summed E-state index contributed by atoms with van der Waals surface area (Å²) < 4.78 is 0. The fourth-order valence-corrected chi connectivity index (χ4v) is 7.11. The number of nitrogens with zero attached hydrogens (tertiary/aromatic N) is 4. The molecule has 0 aliphatic heterocycles. The highest BCUT2D eigenvalue weighted by Crippen LogP contribution is 2.38. The van der Waals surface area contributed by atoms with Gasteiger partial charge in [-0.3, -0.25) is 9.97 Å². The third-order valence-electron chi connectivity index (χ3n) is 9.51. The van der Waals surface area contributed by atoms with Crippen molar-refractivity contribution in [1.29, 1.82) is 0 Å². The van der Waals surface area contributed by atoms with Gasteiger partial charge in [-0.05, 0) is 69.4 Å². The zero-order chi connectivity index (χ0) is 31.6. The zero-order valence-corrected chi connectivity index (χ0v) is 25.8. The highest BCUT2D eigenvalue weighted by molar-refractivity contribution is 6.09. The van der Waals surface area contributed by atoms with Crippen LogP contribution in [-0.4, -0.2) is 19.9 Å². The summed E-state index contributed by atoms with van der Waals surface area (Å²) >= 11 is 0. The fraction of sp³-hybridized carbons (Fsp3) is 0. The molecule has 0 spiro atoms. The quantitative estimate of drug-likeness (QED) is 0.147. The summed E-state index contributed by atoms with van der Waals surface area (Å²) in [6.07, 6.45) is 3.67. The average Bonchev–Trinajstić information content (AvgIpc) is 3.16. The minimum atomic E-state index is 0.930. The molecule has 0 amide bonds. The third-order valence-corrected chi connectivity index (χ3v) is 9.51. The number of fused-ring (bicyclic) bond motifs is 8. The van der Waals surface area contributed by atoms with Gasteiger partial charge in [0.1, 0.15) is 0 Å². The summed E-state index contributed by atoms with van der Waals surface area (Å²) in [5, 5.41) is 7.95. The molecule has 0 bridgehead atoms. The summed E-state index contributed by atoms with van der Waals surface area (Å²) in [7, 11) is 0. The number of pyridine rings is 4. The molecule has 222 valence electrons. The van der Waals surface area contributed by atoms with E-state index in [1.54, 1.807) is 0 Å². The summed E-state index contributed by atoms with van der Waals surface area (Å²) in [6.45, 7) is 0. The molecule has 0 N–H and O–H groups in total. The van der Waals surface area contributed by atoms with Crippen LogP contribution in [0.2, 0.25) is 0 Å². The van der Waals surface area contributed by atoms with Crippen LogP contribution in [0.3, 0.4) is 0 Å². The van der Waals surface area contributed by atoms with Gasteiger partial charge in [-0.25, -0.2) is 9.97 Å². The predicted octanol–water partition coefficient (Wildman–Crippen LogP) is 11.2. The third kappa shape index (κ3) is 4.24. The van der Waals surface area contributed by atoms with E-state index < -0.39 is 0 Å². The number of aromatic nitrogens is 4. The SMILES string of the molecule is c1cnc2c(c1)ccc1ccc(-c3ccc(-c4ccc(-c5ccc6nc7c(ccc8cccnc87)cc6c5)c5ccccc45)cc3)nc12. The van der Waals surface area contributed by atoms with Crippen LogP contribution in [0, 0.1) is 0 Å². The van der Waals surface area contributed by atoms with E-state index in [4.69, 9.17) is 9.97 Å². The lowest BCUT2D eigenvalue weighted by molar-refractivity contribution is 1.37. The highest BCUT2D eigenvalue weighted by atomic mass is 14.8. The molecule has 4 heterocycles. The normalized spacial score (nSPS) is 11.8. The van der Waals surface area contributed by atoms with Gasteiger partial charge >= 0.3 is 0 Å². The van der Waals surface area contributed by atoms with Crippen molar-refractivity contribution < 1.29 is 0 Å². The second-order valence-electron chi connectivity index (χ2n) is 12.3. The molecule has 0 fully saturated rings. The van der Waals surface area contributed by atoms with Crippen LogP contribution in [0.25, 0.3) is 98.8 Å². The molecule has 4 aromatic heterocycles. The molecule has 4 heteroatoms. The fourth-order valence-electron chi connectivity index (χ4n) is 7.11. The smallest absolute Gasteiger partial charge is 0.0972 e. The molecular weight excluding hydrogens is 585 g/mol. The van der Waals surface area contributed by atoms with Gasteiger partial charge in [0.05, 0.1) is 33.3 Å². The summed E-state index contributed by atoms with van der Waals surface area (Å²) in [4.78, 5) is 19.3. The van der Waals surface area contributed by atoms with Gasteiger partial charge in [-0.15, -0.1) is 0 Å². The van der Waals surface area contributed by atoms with E-state index in [0.717, 1.165) is 65.8 Å². The van der Waals surface area contributed by atoms with Crippen LogP contribution in [0.15, 0.2) is 158 Å². The van der Waals surface area contributed by atoms with Gasteiger partial charge in [-0.1, -0.05) is 109 Å². The highest BCUT2D eigenvalue weighted by Gasteiger charge is 2.13. The number of benzene rings is 6. The van der Waals surface area contributed by atoms with Crippen molar-refractivity contribution in [1.82, 2.24) is 19.9 Å². The molecule has 0 aliphatic rings. The number of hydrogen-bond acceptors (Lipinski definition) is 4. The first-order valence-corrected chi connectivity index (χ1v) is 16.1. The van der Waals surface area contributed by atoms with E-state index >= 15 is 0 Å². The Bertz CT molecular complexity index is 2890. The van der Waals surface area contributed by atoms with Gasteiger partial charge in [-0.2, -0.15) is 0 Å². The lowest BCUT2D eigenvalue weighted by Gasteiger charge is -2.13. The van der Waals surface area contributed by atoms with Gasteiger partial charge in [0.15, 0.2) is 0 Å². The Kier molecular flexibility index (Phi) is 5.84. The number of hydrogen-bond donors (Lipinski definition) is 0. The van der Waals surface area contributed by atoms with Crippen molar-refractivity contribution in [2.45, 2.75) is 0 Å². The monoisotopic (exact) mass is 610 g/mol. The Hall–Kier alpha value is -6.52. The molecule has 6 aromatic carbocycles. The molecule has 0 saturated carbocycles. The predicted molar refractivity (Wildman–Crippen MR) is 199 cm³/mol. The first kappa shape index (κ1) is 26.7. The Morgan fingerprint density at radius 1 is 0.333 bits per heavy atom. The van der Waals surface area contributed by atoms with E-state index in [9.17, 15) is 0 Å². The Morgan fingerprint density at radius 3 is 1.60 bits per heavy atom. The van der Waals surface area contributed by atoms with Gasteiger partial charge in [0, 0.05) is 44.9 Å². The molecule has 10 aromatic rings. The van der Waals surface area contributed by atoms with Crippen molar-refractivity contribution >= 4 is 65.3 Å². The van der Waals surface area contributed by atoms with Crippen LogP contribution in [0.1, 0.15) is 0 Å². The minimum Gasteiger partial charge on any atom is -0.254 e. The maximum Gasteiger partial charge on any atom is 0.0972 e. The van der Waals surface area contributed by atoms with Gasteiger partial charge in [0.25, 0.3) is 0 Å². The van der Waals surface area contributed by atoms with Gasteiger partial charge < -0.3 is 0 Å². The minimum absolute atomic E-state index is 0.930. The Morgan fingerprint density at radius 2 is 0.896 bits per heavy atom. The maximum absolute atomic E-state index is 5.05. The largest absolute Gasteiger partial charge is 0.254 e. The van der Waals surface area contributed by atoms with Crippen LogP contribution in [0.5, 0.6) is 0 Å². The Labute approximate surface area is 276 Å². The summed E-state index contributed by atoms with van der Waals surface area (Å²) in [5.41, 5.74) is 11.5. The van der Waals surface area contributed by atoms with Crippen LogP contribution >= 0.6 is 0 Å². The Balaban J connectivity index is 1.04.